The van der Waals surface area contributed by atoms with Crippen molar-refractivity contribution < 1.29 is 13.5 Å². The van der Waals surface area contributed by atoms with Crippen molar-refractivity contribution in [2.45, 2.75) is 13.5 Å². The number of aryl methyl sites for hydroxylation is 1. The molecule has 0 aliphatic rings. The minimum atomic E-state index is -2.82. The Morgan fingerprint density at radius 2 is 1.76 bits per heavy atom. The summed E-state index contributed by atoms with van der Waals surface area (Å²) in [6, 6.07) is 11.9. The lowest BCUT2D eigenvalue weighted by Gasteiger charge is -2.11. The smallest absolute Gasteiger partial charge is 0.387 e. The summed E-state index contributed by atoms with van der Waals surface area (Å²) in [6.45, 7) is -0.904. The molecule has 2 aromatic rings. The fraction of sp³-hybridized carbons (Fsp3) is 0.133. The lowest BCUT2D eigenvalue weighted by atomic mass is 10.1. The highest BCUT2D eigenvalue weighted by molar-refractivity contribution is 7.80. The summed E-state index contributed by atoms with van der Waals surface area (Å²) in [5, 5.41) is 3.16. The van der Waals surface area contributed by atoms with Crippen LogP contribution in [-0.4, -0.2) is 11.6 Å². The fourth-order valence-electron chi connectivity index (χ4n) is 1.90. The highest BCUT2D eigenvalue weighted by Gasteiger charge is 2.05. The number of anilines is 2. The van der Waals surface area contributed by atoms with Crippen LogP contribution < -0.4 is 15.8 Å². The third-order valence-corrected chi connectivity index (χ3v) is 3.08. The first kappa shape index (κ1) is 15.2. The average Bonchev–Trinajstić information content (AvgIpc) is 2.40. The molecular weight excluding hydrogens is 294 g/mol. The van der Waals surface area contributed by atoms with Gasteiger partial charge in [-0.15, -0.1) is 0 Å². The number of rotatable bonds is 5. The van der Waals surface area contributed by atoms with Gasteiger partial charge < -0.3 is 15.8 Å². The molecule has 0 saturated carbocycles. The fourth-order valence-corrected chi connectivity index (χ4v) is 2.13. The predicted molar refractivity (Wildman–Crippen MR) is 83.4 cm³/mol. The minimum Gasteiger partial charge on any atom is -0.435 e. The molecule has 0 spiro atoms. The number of thiocarbonyl (C=S) groups is 1. The van der Waals surface area contributed by atoms with E-state index in [1.165, 1.54) is 12.1 Å². The molecule has 0 saturated heterocycles. The number of hydrogen-bond acceptors (Lipinski definition) is 3. The van der Waals surface area contributed by atoms with Gasteiger partial charge in [0.05, 0.1) is 0 Å². The first-order chi connectivity index (χ1) is 9.95. The molecule has 0 atom stereocenters. The van der Waals surface area contributed by atoms with Gasteiger partial charge in [0.25, 0.3) is 0 Å². The SMILES string of the molecule is Cc1cc(Nc2ccc(OC(F)F)cc2)ccc1C(N)=S. The van der Waals surface area contributed by atoms with E-state index in [9.17, 15) is 8.78 Å². The molecule has 0 fully saturated rings. The number of nitrogens with one attached hydrogen (secondary N) is 1. The molecular formula is C15H14F2N2OS. The van der Waals surface area contributed by atoms with Crippen molar-refractivity contribution in [1.82, 2.24) is 0 Å². The largest absolute Gasteiger partial charge is 0.435 e. The second kappa shape index (κ2) is 6.49. The summed E-state index contributed by atoms with van der Waals surface area (Å²) in [5.74, 6) is 0.121. The lowest BCUT2D eigenvalue weighted by molar-refractivity contribution is -0.0498. The van der Waals surface area contributed by atoms with Crippen LogP contribution in [-0.2, 0) is 0 Å². The summed E-state index contributed by atoms with van der Waals surface area (Å²) in [6.07, 6.45) is 0. The Bertz CT molecular complexity index is 645. The van der Waals surface area contributed by atoms with E-state index in [-0.39, 0.29) is 5.75 Å². The first-order valence-electron chi connectivity index (χ1n) is 6.18. The normalized spacial score (nSPS) is 10.5. The monoisotopic (exact) mass is 308 g/mol. The third kappa shape index (κ3) is 4.13. The van der Waals surface area contributed by atoms with E-state index in [4.69, 9.17) is 18.0 Å². The van der Waals surface area contributed by atoms with E-state index >= 15 is 0 Å². The summed E-state index contributed by atoms with van der Waals surface area (Å²) in [5.41, 5.74) is 9.02. The Balaban J connectivity index is 2.11. The number of halogens is 2. The van der Waals surface area contributed by atoms with Crippen LogP contribution in [0.3, 0.4) is 0 Å². The van der Waals surface area contributed by atoms with E-state index in [2.05, 4.69) is 10.1 Å². The van der Waals surface area contributed by atoms with Crippen molar-refractivity contribution in [3.63, 3.8) is 0 Å². The van der Waals surface area contributed by atoms with Crippen LogP contribution in [0.15, 0.2) is 42.5 Å². The van der Waals surface area contributed by atoms with E-state index in [1.54, 1.807) is 12.1 Å². The Kier molecular flexibility index (Phi) is 4.70. The molecule has 3 N–H and O–H groups in total. The molecule has 0 aromatic heterocycles. The highest BCUT2D eigenvalue weighted by Crippen LogP contribution is 2.22. The third-order valence-electron chi connectivity index (χ3n) is 2.86. The van der Waals surface area contributed by atoms with E-state index in [0.29, 0.717) is 4.99 Å². The number of ether oxygens (including phenoxy) is 1. The van der Waals surface area contributed by atoms with Gasteiger partial charge in [-0.05, 0) is 55.0 Å². The quantitative estimate of drug-likeness (QED) is 0.820. The topological polar surface area (TPSA) is 47.3 Å². The second-order valence-electron chi connectivity index (χ2n) is 4.42. The van der Waals surface area contributed by atoms with E-state index < -0.39 is 6.61 Å². The van der Waals surface area contributed by atoms with Crippen LogP contribution in [0, 0.1) is 6.92 Å². The zero-order valence-electron chi connectivity index (χ0n) is 11.3. The van der Waals surface area contributed by atoms with Crippen LogP contribution >= 0.6 is 12.2 Å². The van der Waals surface area contributed by atoms with Crippen molar-refractivity contribution in [1.29, 1.82) is 0 Å². The summed E-state index contributed by atoms with van der Waals surface area (Å²) < 4.78 is 28.4. The first-order valence-corrected chi connectivity index (χ1v) is 6.59. The molecule has 3 nitrogen and oxygen atoms in total. The summed E-state index contributed by atoms with van der Waals surface area (Å²) in [7, 11) is 0. The number of alkyl halides is 2. The molecule has 110 valence electrons. The molecule has 2 rings (SSSR count). The Morgan fingerprint density at radius 1 is 1.14 bits per heavy atom. The van der Waals surface area contributed by atoms with Crippen LogP contribution in [0.5, 0.6) is 5.75 Å². The Labute approximate surface area is 126 Å². The van der Waals surface area contributed by atoms with Crippen molar-refractivity contribution in [3.8, 4) is 5.75 Å². The molecule has 0 radical (unpaired) electrons. The number of nitrogens with two attached hydrogens (primary N) is 1. The lowest BCUT2D eigenvalue weighted by Crippen LogP contribution is -2.11. The van der Waals surface area contributed by atoms with E-state index in [1.807, 2.05) is 25.1 Å². The van der Waals surface area contributed by atoms with Gasteiger partial charge in [0.2, 0.25) is 0 Å². The molecule has 0 aliphatic carbocycles. The van der Waals surface area contributed by atoms with Crippen molar-refractivity contribution in [2.24, 2.45) is 5.73 Å². The van der Waals surface area contributed by atoms with Gasteiger partial charge in [-0.1, -0.05) is 12.2 Å². The maximum absolute atomic E-state index is 12.1. The van der Waals surface area contributed by atoms with Gasteiger partial charge in [-0.3, -0.25) is 0 Å². The van der Waals surface area contributed by atoms with Crippen LogP contribution in [0.1, 0.15) is 11.1 Å². The molecule has 0 aliphatic heterocycles. The molecule has 0 unspecified atom stereocenters. The summed E-state index contributed by atoms with van der Waals surface area (Å²) >= 11 is 4.95. The maximum Gasteiger partial charge on any atom is 0.387 e. The van der Waals surface area contributed by atoms with Crippen molar-refractivity contribution in [3.05, 3.63) is 53.6 Å². The molecule has 0 bridgehead atoms. The van der Waals surface area contributed by atoms with E-state index in [0.717, 1.165) is 22.5 Å². The van der Waals surface area contributed by atoms with Gasteiger partial charge in [0, 0.05) is 16.9 Å². The number of hydrogen-bond donors (Lipinski definition) is 2. The van der Waals surface area contributed by atoms with Crippen molar-refractivity contribution in [2.75, 3.05) is 5.32 Å². The van der Waals surface area contributed by atoms with Gasteiger partial charge in [-0.25, -0.2) is 0 Å². The molecule has 21 heavy (non-hydrogen) atoms. The van der Waals surface area contributed by atoms with Gasteiger partial charge in [0.1, 0.15) is 10.7 Å². The molecule has 2 aromatic carbocycles. The Hall–Kier alpha value is -2.21. The maximum atomic E-state index is 12.1. The van der Waals surface area contributed by atoms with Crippen molar-refractivity contribution >= 4 is 28.6 Å². The minimum absolute atomic E-state index is 0.121. The van der Waals surface area contributed by atoms with Crippen LogP contribution in [0.2, 0.25) is 0 Å². The van der Waals surface area contributed by atoms with Gasteiger partial charge in [0.15, 0.2) is 0 Å². The Morgan fingerprint density at radius 3 is 2.29 bits per heavy atom. The zero-order valence-corrected chi connectivity index (χ0v) is 12.1. The molecule has 0 amide bonds. The second-order valence-corrected chi connectivity index (χ2v) is 4.86. The average molecular weight is 308 g/mol. The van der Waals surface area contributed by atoms with Crippen LogP contribution in [0.4, 0.5) is 20.2 Å². The molecule has 0 heterocycles. The summed E-state index contributed by atoms with van der Waals surface area (Å²) in [4.78, 5) is 0.354. The van der Waals surface area contributed by atoms with Crippen LogP contribution in [0.25, 0.3) is 0 Å². The predicted octanol–water partition coefficient (Wildman–Crippen LogP) is 3.97. The molecule has 6 heteroatoms. The van der Waals surface area contributed by atoms with Gasteiger partial charge >= 0.3 is 6.61 Å². The standard InChI is InChI=1S/C15H14F2N2OS/c1-9-8-11(4-7-13(9)14(18)21)19-10-2-5-12(6-3-10)20-15(16)17/h2-8,15,19H,1H3,(H2,18,21). The van der Waals surface area contributed by atoms with Gasteiger partial charge in [-0.2, -0.15) is 8.78 Å². The zero-order chi connectivity index (χ0) is 15.4. The highest BCUT2D eigenvalue weighted by atomic mass is 32.1. The number of benzene rings is 2.